The van der Waals surface area contributed by atoms with Gasteiger partial charge in [0.2, 0.25) is 0 Å². The first-order valence-corrected chi connectivity index (χ1v) is 8.35. The molecule has 0 spiro atoms. The number of carboxylic acids is 1. The second-order valence-corrected chi connectivity index (χ2v) is 7.66. The van der Waals surface area contributed by atoms with Crippen molar-refractivity contribution in [3.8, 4) is 0 Å². The summed E-state index contributed by atoms with van der Waals surface area (Å²) < 4.78 is 28.2. The standard InChI is InChI=1S/C12H21NO6S/c1-7(8(2)20(4,17)18)13(3)11(14)9-5-6-10(19-9)12(15)16/h7-10H,5-6H2,1-4H3,(H,15,16)/t7?,8?,9-,10+/m0/s1. The predicted octanol–water partition coefficient (Wildman–Crippen LogP) is -0.101. The van der Waals surface area contributed by atoms with Gasteiger partial charge in [0.25, 0.3) is 5.91 Å². The van der Waals surface area contributed by atoms with E-state index in [4.69, 9.17) is 9.84 Å². The molecule has 8 heteroatoms. The maximum Gasteiger partial charge on any atom is 0.332 e. The number of ether oxygens (including phenoxy) is 1. The van der Waals surface area contributed by atoms with Crippen LogP contribution in [0.4, 0.5) is 0 Å². The summed E-state index contributed by atoms with van der Waals surface area (Å²) >= 11 is 0. The van der Waals surface area contributed by atoms with E-state index in [0.717, 1.165) is 6.26 Å². The van der Waals surface area contributed by atoms with E-state index in [1.54, 1.807) is 13.8 Å². The molecule has 4 atom stereocenters. The second-order valence-electron chi connectivity index (χ2n) is 5.25. The molecule has 0 bridgehead atoms. The van der Waals surface area contributed by atoms with E-state index in [0.29, 0.717) is 6.42 Å². The van der Waals surface area contributed by atoms with Crippen molar-refractivity contribution in [2.75, 3.05) is 13.3 Å². The smallest absolute Gasteiger partial charge is 0.332 e. The lowest BCUT2D eigenvalue weighted by Crippen LogP contribution is -2.48. The van der Waals surface area contributed by atoms with Crippen molar-refractivity contribution in [2.45, 2.75) is 50.2 Å². The number of likely N-dealkylation sites (N-methyl/N-ethyl adjacent to an activating group) is 1. The van der Waals surface area contributed by atoms with Crippen LogP contribution in [0, 0.1) is 0 Å². The molecule has 0 aromatic heterocycles. The molecule has 1 N–H and O–H groups in total. The van der Waals surface area contributed by atoms with Crippen LogP contribution in [0.5, 0.6) is 0 Å². The van der Waals surface area contributed by atoms with Crippen LogP contribution in [0.3, 0.4) is 0 Å². The lowest BCUT2D eigenvalue weighted by atomic mass is 10.1. The first-order valence-electron chi connectivity index (χ1n) is 6.39. The van der Waals surface area contributed by atoms with Gasteiger partial charge in [-0.25, -0.2) is 13.2 Å². The van der Waals surface area contributed by atoms with Crippen molar-refractivity contribution < 1.29 is 27.9 Å². The highest BCUT2D eigenvalue weighted by atomic mass is 32.2. The van der Waals surface area contributed by atoms with Crippen molar-refractivity contribution in [2.24, 2.45) is 0 Å². The van der Waals surface area contributed by atoms with Crippen LogP contribution in [-0.2, 0) is 24.2 Å². The van der Waals surface area contributed by atoms with Crippen LogP contribution in [0.25, 0.3) is 0 Å². The molecule has 2 unspecified atom stereocenters. The molecule has 0 aliphatic carbocycles. The van der Waals surface area contributed by atoms with Crippen LogP contribution >= 0.6 is 0 Å². The van der Waals surface area contributed by atoms with E-state index in [-0.39, 0.29) is 12.3 Å². The van der Waals surface area contributed by atoms with Crippen molar-refractivity contribution in [1.29, 1.82) is 0 Å². The molecule has 0 aromatic rings. The fourth-order valence-corrected chi connectivity index (χ4v) is 3.00. The molecule has 1 fully saturated rings. The number of carbonyl (C=O) groups is 2. The maximum absolute atomic E-state index is 12.2. The van der Waals surface area contributed by atoms with Crippen molar-refractivity contribution in [3.05, 3.63) is 0 Å². The Bertz CT molecular complexity index is 488. The number of rotatable bonds is 5. The van der Waals surface area contributed by atoms with Crippen LogP contribution < -0.4 is 0 Å². The summed E-state index contributed by atoms with van der Waals surface area (Å²) in [6.07, 6.45) is -0.0235. The van der Waals surface area contributed by atoms with Crippen LogP contribution in [-0.4, -0.2) is 67.1 Å². The Kier molecular flexibility index (Phi) is 5.15. The van der Waals surface area contributed by atoms with E-state index >= 15 is 0 Å². The third kappa shape index (κ3) is 3.69. The number of carboxylic acid groups (broad SMARTS) is 1. The summed E-state index contributed by atoms with van der Waals surface area (Å²) in [5.74, 6) is -1.46. The van der Waals surface area contributed by atoms with E-state index in [1.165, 1.54) is 11.9 Å². The van der Waals surface area contributed by atoms with Crippen LogP contribution in [0.15, 0.2) is 0 Å². The fourth-order valence-electron chi connectivity index (χ4n) is 2.10. The Morgan fingerprint density at radius 3 is 2.15 bits per heavy atom. The molecule has 1 aliphatic heterocycles. The first kappa shape index (κ1) is 16.9. The number of hydrogen-bond acceptors (Lipinski definition) is 5. The summed E-state index contributed by atoms with van der Waals surface area (Å²) in [5.41, 5.74) is 0. The minimum Gasteiger partial charge on any atom is -0.479 e. The number of sulfone groups is 1. The zero-order chi connectivity index (χ0) is 15.7. The van der Waals surface area contributed by atoms with Gasteiger partial charge in [-0.2, -0.15) is 0 Å². The monoisotopic (exact) mass is 307 g/mol. The largest absolute Gasteiger partial charge is 0.479 e. The zero-order valence-electron chi connectivity index (χ0n) is 12.1. The Morgan fingerprint density at radius 2 is 1.75 bits per heavy atom. The highest BCUT2D eigenvalue weighted by Crippen LogP contribution is 2.23. The van der Waals surface area contributed by atoms with E-state index in [1.807, 2.05) is 0 Å². The number of nitrogens with zero attached hydrogens (tertiary/aromatic N) is 1. The number of carbonyl (C=O) groups excluding carboxylic acids is 1. The van der Waals surface area contributed by atoms with Crippen molar-refractivity contribution in [1.82, 2.24) is 4.90 Å². The van der Waals surface area contributed by atoms with Gasteiger partial charge in [-0.3, -0.25) is 4.79 Å². The molecular formula is C12H21NO6S. The number of amides is 1. The fraction of sp³-hybridized carbons (Fsp3) is 0.833. The van der Waals surface area contributed by atoms with Gasteiger partial charge in [0.15, 0.2) is 15.9 Å². The summed E-state index contributed by atoms with van der Waals surface area (Å²) in [7, 11) is -1.75. The highest BCUT2D eigenvalue weighted by Gasteiger charge is 2.38. The highest BCUT2D eigenvalue weighted by molar-refractivity contribution is 7.91. The maximum atomic E-state index is 12.2. The SMILES string of the molecule is CC(C(C)S(C)(=O)=O)N(C)C(=O)[C@@H]1CC[C@H](C(=O)O)O1. The quantitative estimate of drug-likeness (QED) is 0.761. The topological polar surface area (TPSA) is 101 Å². The average Bonchev–Trinajstić information content (AvgIpc) is 2.83. The molecule has 0 radical (unpaired) electrons. The minimum absolute atomic E-state index is 0.287. The number of aliphatic carboxylic acids is 1. The minimum atomic E-state index is -3.26. The molecule has 1 aliphatic rings. The average molecular weight is 307 g/mol. The predicted molar refractivity (Wildman–Crippen MR) is 72.1 cm³/mol. The van der Waals surface area contributed by atoms with E-state index < -0.39 is 39.3 Å². The third-order valence-electron chi connectivity index (χ3n) is 3.88. The van der Waals surface area contributed by atoms with E-state index in [9.17, 15) is 18.0 Å². The Labute approximate surface area is 118 Å². The molecule has 0 saturated carbocycles. The summed E-state index contributed by atoms with van der Waals surface area (Å²) in [4.78, 5) is 24.3. The Morgan fingerprint density at radius 1 is 1.25 bits per heavy atom. The molecule has 20 heavy (non-hydrogen) atoms. The van der Waals surface area contributed by atoms with Gasteiger partial charge in [0, 0.05) is 19.3 Å². The lowest BCUT2D eigenvalue weighted by molar-refractivity contribution is -0.154. The zero-order valence-corrected chi connectivity index (χ0v) is 12.9. The first-order chi connectivity index (χ1) is 9.05. The normalized spacial score (nSPS) is 26.0. The summed E-state index contributed by atoms with van der Waals surface area (Å²) in [5, 5.41) is 8.13. The molecule has 116 valence electrons. The van der Waals surface area contributed by atoms with Crippen molar-refractivity contribution in [3.63, 3.8) is 0 Å². The van der Waals surface area contributed by atoms with Gasteiger partial charge in [-0.05, 0) is 26.7 Å². The summed E-state index contributed by atoms with van der Waals surface area (Å²) in [6, 6.07) is -0.509. The van der Waals surface area contributed by atoms with Gasteiger partial charge < -0.3 is 14.7 Å². The molecule has 1 amide bonds. The van der Waals surface area contributed by atoms with Gasteiger partial charge in [-0.1, -0.05) is 0 Å². The summed E-state index contributed by atoms with van der Waals surface area (Å²) in [6.45, 7) is 3.19. The Balaban J connectivity index is 2.71. The molecular weight excluding hydrogens is 286 g/mol. The Hall–Kier alpha value is -1.15. The second kappa shape index (κ2) is 6.09. The van der Waals surface area contributed by atoms with Crippen molar-refractivity contribution >= 4 is 21.7 Å². The molecule has 0 aromatic carbocycles. The van der Waals surface area contributed by atoms with Gasteiger partial charge in [-0.15, -0.1) is 0 Å². The lowest BCUT2D eigenvalue weighted by Gasteiger charge is -2.30. The van der Waals surface area contributed by atoms with Crippen LogP contribution in [0.1, 0.15) is 26.7 Å². The van der Waals surface area contributed by atoms with Gasteiger partial charge in [0.1, 0.15) is 6.10 Å². The van der Waals surface area contributed by atoms with Gasteiger partial charge >= 0.3 is 5.97 Å². The van der Waals surface area contributed by atoms with Gasteiger partial charge in [0.05, 0.1) is 5.25 Å². The molecule has 1 saturated heterocycles. The molecule has 1 rings (SSSR count). The number of hydrogen-bond donors (Lipinski definition) is 1. The third-order valence-corrected chi connectivity index (χ3v) is 5.63. The van der Waals surface area contributed by atoms with Crippen LogP contribution in [0.2, 0.25) is 0 Å². The molecule has 7 nitrogen and oxygen atoms in total. The van der Waals surface area contributed by atoms with E-state index in [2.05, 4.69) is 0 Å². The molecule has 1 heterocycles.